The molecule has 31 heavy (non-hydrogen) atoms. The molecule has 0 atom stereocenters. The van der Waals surface area contributed by atoms with E-state index in [2.05, 4.69) is 25.2 Å². The van der Waals surface area contributed by atoms with Crippen LogP contribution >= 0.6 is 0 Å². The number of ether oxygens (including phenoxy) is 3. The van der Waals surface area contributed by atoms with Crippen molar-refractivity contribution in [1.82, 2.24) is 15.0 Å². The lowest BCUT2D eigenvalue weighted by molar-refractivity contribution is 0.0547. The molecule has 1 aliphatic carbocycles. The van der Waals surface area contributed by atoms with Crippen molar-refractivity contribution in [2.45, 2.75) is 38.1 Å². The molecule has 1 aromatic heterocycles. The van der Waals surface area contributed by atoms with Crippen molar-refractivity contribution in [3.05, 3.63) is 30.3 Å². The van der Waals surface area contributed by atoms with E-state index in [-0.39, 0.29) is 6.01 Å². The third kappa shape index (κ3) is 7.93. The van der Waals surface area contributed by atoms with Gasteiger partial charge in [0, 0.05) is 26.2 Å². The highest BCUT2D eigenvalue weighted by atomic mass is 16.5. The smallest absolute Gasteiger partial charge is 0.328 e. The van der Waals surface area contributed by atoms with Crippen molar-refractivity contribution in [3.8, 4) is 11.8 Å². The number of rotatable bonds is 13. The van der Waals surface area contributed by atoms with E-state index in [9.17, 15) is 0 Å². The van der Waals surface area contributed by atoms with Crippen LogP contribution in [-0.4, -0.2) is 67.6 Å². The first-order chi connectivity index (χ1) is 15.3. The maximum atomic E-state index is 5.89. The Balaban J connectivity index is 1.61. The largest absolute Gasteiger partial charge is 0.424 e. The summed E-state index contributed by atoms with van der Waals surface area (Å²) in [5.74, 6) is 1.78. The first kappa shape index (κ1) is 23.2. The summed E-state index contributed by atoms with van der Waals surface area (Å²) in [7, 11) is 2.05. The molecular formula is C22H34N6O3. The number of nitrogens with zero attached hydrogens (tertiary/aromatic N) is 4. The zero-order valence-electron chi connectivity index (χ0n) is 18.3. The second-order valence-corrected chi connectivity index (χ2v) is 7.50. The summed E-state index contributed by atoms with van der Waals surface area (Å²) >= 11 is 0. The average molecular weight is 431 g/mol. The Hall–Kier alpha value is -2.49. The van der Waals surface area contributed by atoms with Gasteiger partial charge in [-0.2, -0.15) is 15.0 Å². The van der Waals surface area contributed by atoms with Crippen LogP contribution in [0.2, 0.25) is 0 Å². The van der Waals surface area contributed by atoms with E-state index in [4.69, 9.17) is 19.9 Å². The van der Waals surface area contributed by atoms with Gasteiger partial charge in [0.1, 0.15) is 5.75 Å². The van der Waals surface area contributed by atoms with E-state index < -0.39 is 0 Å². The van der Waals surface area contributed by atoms with Gasteiger partial charge in [-0.05, 0) is 25.0 Å². The maximum absolute atomic E-state index is 5.89. The fourth-order valence-corrected chi connectivity index (χ4v) is 3.49. The van der Waals surface area contributed by atoms with Gasteiger partial charge in [-0.25, -0.2) is 0 Å². The monoisotopic (exact) mass is 430 g/mol. The molecule has 1 aromatic carbocycles. The van der Waals surface area contributed by atoms with Gasteiger partial charge in [0.05, 0.1) is 26.4 Å². The van der Waals surface area contributed by atoms with E-state index in [1.165, 1.54) is 19.3 Å². The summed E-state index contributed by atoms with van der Waals surface area (Å²) < 4.78 is 16.7. The summed E-state index contributed by atoms with van der Waals surface area (Å²) in [4.78, 5) is 15.8. The van der Waals surface area contributed by atoms with Crippen molar-refractivity contribution in [2.24, 2.45) is 5.73 Å². The number of para-hydroxylation sites is 1. The molecule has 170 valence electrons. The minimum absolute atomic E-state index is 0.275. The molecule has 0 radical (unpaired) electrons. The molecule has 3 N–H and O–H groups in total. The van der Waals surface area contributed by atoms with Crippen molar-refractivity contribution in [3.63, 3.8) is 0 Å². The van der Waals surface area contributed by atoms with Gasteiger partial charge in [0.2, 0.25) is 11.9 Å². The molecular weight excluding hydrogens is 396 g/mol. The number of aromatic nitrogens is 3. The van der Waals surface area contributed by atoms with Crippen molar-refractivity contribution in [1.29, 1.82) is 0 Å². The van der Waals surface area contributed by atoms with Crippen LogP contribution in [0.25, 0.3) is 0 Å². The number of benzene rings is 1. The molecule has 0 spiro atoms. The molecule has 1 heterocycles. The Morgan fingerprint density at radius 1 is 0.968 bits per heavy atom. The minimum atomic E-state index is 0.275. The lowest BCUT2D eigenvalue weighted by Gasteiger charge is -2.31. The minimum Gasteiger partial charge on any atom is -0.424 e. The fraction of sp³-hybridized carbons (Fsp3) is 0.591. The first-order valence-electron chi connectivity index (χ1n) is 11.1. The van der Waals surface area contributed by atoms with Crippen LogP contribution in [0.4, 0.5) is 11.9 Å². The Bertz CT molecular complexity index is 758. The van der Waals surface area contributed by atoms with E-state index in [0.29, 0.717) is 63.2 Å². The number of anilines is 2. The van der Waals surface area contributed by atoms with Gasteiger partial charge in [0.15, 0.2) is 0 Å². The molecule has 0 aliphatic heterocycles. The summed E-state index contributed by atoms with van der Waals surface area (Å²) in [5, 5.41) is 3.22. The number of hydrogen-bond donors (Lipinski definition) is 2. The third-order valence-corrected chi connectivity index (χ3v) is 5.16. The Labute approximate surface area is 184 Å². The second kappa shape index (κ2) is 13.0. The number of nitrogens with two attached hydrogens (primary N) is 1. The molecule has 2 aromatic rings. The zero-order valence-corrected chi connectivity index (χ0v) is 18.3. The summed E-state index contributed by atoms with van der Waals surface area (Å²) in [6.07, 6.45) is 6.09. The van der Waals surface area contributed by atoms with Crippen LogP contribution in [0, 0.1) is 0 Å². The van der Waals surface area contributed by atoms with Crippen molar-refractivity contribution < 1.29 is 14.2 Å². The quantitative estimate of drug-likeness (QED) is 0.464. The number of nitrogens with one attached hydrogen (secondary N) is 1. The molecule has 0 unspecified atom stereocenters. The predicted molar refractivity (Wildman–Crippen MR) is 121 cm³/mol. The van der Waals surface area contributed by atoms with E-state index in [1.54, 1.807) is 0 Å². The number of hydrogen-bond acceptors (Lipinski definition) is 9. The molecule has 1 saturated carbocycles. The lowest BCUT2D eigenvalue weighted by Crippen LogP contribution is -2.34. The Morgan fingerprint density at radius 2 is 1.71 bits per heavy atom. The van der Waals surface area contributed by atoms with E-state index in [0.717, 1.165) is 12.8 Å². The molecule has 1 fully saturated rings. The highest BCUT2D eigenvalue weighted by Crippen LogP contribution is 2.26. The zero-order chi connectivity index (χ0) is 21.7. The Morgan fingerprint density at radius 3 is 2.45 bits per heavy atom. The molecule has 3 rings (SSSR count). The summed E-state index contributed by atoms with van der Waals surface area (Å²) in [6, 6.07) is 10.2. The first-order valence-corrected chi connectivity index (χ1v) is 11.1. The van der Waals surface area contributed by atoms with Crippen LogP contribution in [-0.2, 0) is 9.47 Å². The fourth-order valence-electron chi connectivity index (χ4n) is 3.49. The van der Waals surface area contributed by atoms with Gasteiger partial charge in [-0.15, -0.1) is 0 Å². The third-order valence-electron chi connectivity index (χ3n) is 5.16. The SMILES string of the molecule is CN(c1nc(NCCOCCOCCN)nc(Oc2ccccc2)n1)C1CCCCC1. The molecule has 0 amide bonds. The molecule has 1 aliphatic rings. The topological polar surface area (TPSA) is 108 Å². The molecule has 9 heteroatoms. The Kier molecular flexibility index (Phi) is 9.75. The van der Waals surface area contributed by atoms with Crippen LogP contribution in [0.5, 0.6) is 11.8 Å². The van der Waals surface area contributed by atoms with Gasteiger partial charge in [-0.3, -0.25) is 0 Å². The van der Waals surface area contributed by atoms with Gasteiger partial charge in [0.25, 0.3) is 0 Å². The summed E-state index contributed by atoms with van der Waals surface area (Å²) in [5.41, 5.74) is 5.39. The van der Waals surface area contributed by atoms with E-state index in [1.807, 2.05) is 37.4 Å². The molecule has 9 nitrogen and oxygen atoms in total. The van der Waals surface area contributed by atoms with Crippen LogP contribution in [0.15, 0.2) is 30.3 Å². The van der Waals surface area contributed by atoms with Gasteiger partial charge >= 0.3 is 6.01 Å². The van der Waals surface area contributed by atoms with Gasteiger partial charge < -0.3 is 30.2 Å². The van der Waals surface area contributed by atoms with Gasteiger partial charge in [-0.1, -0.05) is 37.5 Å². The van der Waals surface area contributed by atoms with Crippen LogP contribution in [0.1, 0.15) is 32.1 Å². The summed E-state index contributed by atoms with van der Waals surface area (Å²) in [6.45, 7) is 3.21. The van der Waals surface area contributed by atoms with Crippen LogP contribution < -0.4 is 20.7 Å². The predicted octanol–water partition coefficient (Wildman–Crippen LogP) is 2.84. The highest BCUT2D eigenvalue weighted by molar-refractivity contribution is 5.39. The average Bonchev–Trinajstić information content (AvgIpc) is 2.81. The molecule has 0 bridgehead atoms. The van der Waals surface area contributed by atoms with Crippen LogP contribution in [0.3, 0.4) is 0 Å². The van der Waals surface area contributed by atoms with E-state index >= 15 is 0 Å². The lowest BCUT2D eigenvalue weighted by atomic mass is 9.95. The second-order valence-electron chi connectivity index (χ2n) is 7.50. The molecule has 0 saturated heterocycles. The maximum Gasteiger partial charge on any atom is 0.328 e. The van der Waals surface area contributed by atoms with Crippen molar-refractivity contribution >= 4 is 11.9 Å². The van der Waals surface area contributed by atoms with Crippen molar-refractivity contribution in [2.75, 3.05) is 56.8 Å². The standard InChI is InChI=1S/C22H34N6O3/c1-28(18-8-4-2-5-9-18)21-25-20(24-13-15-30-17-16-29-14-12-23)26-22(27-21)31-19-10-6-3-7-11-19/h3,6-7,10-11,18H,2,4-5,8-9,12-17,23H2,1H3,(H,24,25,26,27). The highest BCUT2D eigenvalue weighted by Gasteiger charge is 2.22. The normalized spacial score (nSPS) is 14.4.